The number of hydrogen-bond donors (Lipinski definition) is 2. The Morgan fingerprint density at radius 3 is 2.68 bits per heavy atom. The van der Waals surface area contributed by atoms with Gasteiger partial charge in [0.2, 0.25) is 5.91 Å². The highest BCUT2D eigenvalue weighted by molar-refractivity contribution is 5.98. The van der Waals surface area contributed by atoms with Gasteiger partial charge in [-0.2, -0.15) is 0 Å². The molecule has 1 unspecified atom stereocenters. The van der Waals surface area contributed by atoms with E-state index >= 15 is 0 Å². The van der Waals surface area contributed by atoms with Crippen molar-refractivity contribution >= 4 is 28.3 Å². The summed E-state index contributed by atoms with van der Waals surface area (Å²) in [6, 6.07) is 14.6. The smallest absolute Gasteiger partial charge is 0.338 e. The van der Waals surface area contributed by atoms with Gasteiger partial charge in [0.15, 0.2) is 0 Å². The Hall–Kier alpha value is -4.03. The molecule has 0 fully saturated rings. The lowest BCUT2D eigenvalue weighted by Gasteiger charge is -2.16. The Balaban J connectivity index is 1.57. The van der Waals surface area contributed by atoms with Gasteiger partial charge < -0.3 is 15.8 Å². The van der Waals surface area contributed by atoms with Crippen LogP contribution in [-0.2, 0) is 16.1 Å². The third kappa shape index (κ3) is 5.30. The van der Waals surface area contributed by atoms with Gasteiger partial charge in [0.05, 0.1) is 14.2 Å². The second-order valence-electron chi connectivity index (χ2n) is 7.40. The van der Waals surface area contributed by atoms with E-state index in [1.54, 1.807) is 36.7 Å². The summed E-state index contributed by atoms with van der Waals surface area (Å²) in [5.74, 6) is -3.62. The van der Waals surface area contributed by atoms with E-state index in [-0.39, 0.29) is 16.7 Å². The number of carbonyl (C=O) groups excluding carboxylic acids is 2. The maximum atomic E-state index is 13.2. The topological polar surface area (TPSA) is 94.3 Å². The van der Waals surface area contributed by atoms with E-state index in [0.29, 0.717) is 5.69 Å². The van der Waals surface area contributed by atoms with Crippen molar-refractivity contribution in [3.05, 3.63) is 107 Å². The molecule has 6 heteroatoms. The number of ether oxygens (including phenoxy) is 1. The maximum absolute atomic E-state index is 13.2. The quantitative estimate of drug-likeness (QED) is 0.381. The number of esters is 1. The van der Waals surface area contributed by atoms with Crippen LogP contribution in [0.1, 0.15) is 52.2 Å². The van der Waals surface area contributed by atoms with Crippen LogP contribution in [0.3, 0.4) is 0 Å². The molecule has 3 N–H and O–H groups in total. The Kier molecular flexibility index (Phi) is 4.12. The van der Waals surface area contributed by atoms with E-state index in [1.165, 1.54) is 24.3 Å². The van der Waals surface area contributed by atoms with Crippen molar-refractivity contribution < 1.29 is 28.0 Å². The molecule has 3 aromatic carbocycles. The number of pyridine rings is 1. The summed E-state index contributed by atoms with van der Waals surface area (Å²) < 4.78 is 83.6. The highest BCUT2D eigenvalue weighted by Crippen LogP contribution is 2.22. The van der Waals surface area contributed by atoms with Crippen molar-refractivity contribution in [2.75, 3.05) is 11.8 Å². The van der Waals surface area contributed by atoms with Crippen LogP contribution in [0.25, 0.3) is 10.8 Å². The molecule has 0 bridgehead atoms. The number of aromatic nitrogens is 1. The van der Waals surface area contributed by atoms with Crippen LogP contribution in [-0.4, -0.2) is 23.4 Å². The number of benzene rings is 3. The fourth-order valence-corrected chi connectivity index (χ4v) is 3.32. The number of hydrogen-bond acceptors (Lipinski definition) is 5. The summed E-state index contributed by atoms with van der Waals surface area (Å²) in [5.41, 5.74) is 4.59. The summed E-state index contributed by atoms with van der Waals surface area (Å²) in [7, 11) is 0. The van der Waals surface area contributed by atoms with E-state index < -0.39 is 55.7 Å². The number of nitrogens with one attached hydrogen (secondary N) is 1. The average Bonchev–Trinajstić information content (AvgIpc) is 2.91. The molecule has 1 amide bonds. The first-order chi connectivity index (χ1) is 20.3. The Morgan fingerprint density at radius 2 is 1.91 bits per heavy atom. The van der Waals surface area contributed by atoms with Crippen LogP contribution in [0.2, 0.25) is 0 Å². The first kappa shape index (κ1) is 13.6. The van der Waals surface area contributed by atoms with E-state index in [2.05, 4.69) is 10.3 Å². The normalized spacial score (nSPS) is 17.7. The third-order valence-electron chi connectivity index (χ3n) is 5.08. The number of aryl methyl sites for hydroxylation is 2. The average molecular weight is 464 g/mol. The zero-order valence-electron chi connectivity index (χ0n) is 27.8. The highest BCUT2D eigenvalue weighted by Gasteiger charge is 2.19. The monoisotopic (exact) mass is 463 g/mol. The number of nitrogens with zero attached hydrogens (tertiary/aromatic N) is 1. The minimum absolute atomic E-state index is 0.107. The third-order valence-corrected chi connectivity index (χ3v) is 5.08. The van der Waals surface area contributed by atoms with E-state index in [4.69, 9.17) is 24.2 Å². The molecule has 34 heavy (non-hydrogen) atoms. The molecule has 0 aliphatic heterocycles. The Labute approximate surface area is 212 Å². The number of anilines is 1. The molecule has 172 valence electrons. The van der Waals surface area contributed by atoms with Crippen molar-refractivity contribution in [2.24, 2.45) is 5.73 Å². The largest absolute Gasteiger partial charge is 0.457 e. The molecule has 1 aromatic heterocycles. The molecule has 6 nitrogen and oxygen atoms in total. The zero-order valence-corrected chi connectivity index (χ0v) is 17.8. The van der Waals surface area contributed by atoms with Crippen molar-refractivity contribution in [3.8, 4) is 0 Å². The molecule has 0 saturated carbocycles. The molecular weight excluding hydrogens is 426 g/mol. The van der Waals surface area contributed by atoms with Crippen molar-refractivity contribution in [1.82, 2.24) is 4.98 Å². The highest BCUT2D eigenvalue weighted by atomic mass is 16.5. The zero-order chi connectivity index (χ0) is 32.7. The molecule has 0 aliphatic carbocycles. The summed E-state index contributed by atoms with van der Waals surface area (Å²) >= 11 is 0. The molecule has 0 radical (unpaired) electrons. The number of amides is 1. The number of fused-ring (bicyclic) bond motifs is 1. The Morgan fingerprint density at radius 1 is 1.06 bits per heavy atom. The van der Waals surface area contributed by atoms with Crippen LogP contribution < -0.4 is 11.1 Å². The summed E-state index contributed by atoms with van der Waals surface area (Å²) in [5, 5.41) is 4.29. The number of rotatable bonds is 7. The van der Waals surface area contributed by atoms with Crippen LogP contribution in [0.15, 0.2) is 79.1 Å². The van der Waals surface area contributed by atoms with E-state index in [0.717, 1.165) is 29.0 Å². The maximum Gasteiger partial charge on any atom is 0.338 e. The van der Waals surface area contributed by atoms with Crippen molar-refractivity contribution in [3.63, 3.8) is 0 Å². The first-order valence-corrected chi connectivity index (χ1v) is 10.2. The van der Waals surface area contributed by atoms with Gasteiger partial charge in [0.25, 0.3) is 0 Å². The van der Waals surface area contributed by atoms with Gasteiger partial charge >= 0.3 is 5.97 Å². The molecular formula is C28H27N3O3. The van der Waals surface area contributed by atoms with Crippen molar-refractivity contribution in [2.45, 2.75) is 26.2 Å². The summed E-state index contributed by atoms with van der Waals surface area (Å²) in [6.07, 6.45) is 3.25. The summed E-state index contributed by atoms with van der Waals surface area (Å²) in [6.45, 7) is -10.9. The SMILES string of the molecule is [2H]C([2H])([2H])c1ccc(C(=O)OC([2H])([2H])c2ccc(C(C(=O)Nc3ccc4cnccc4c3)C([2H])([2H])N)cc2)c(C([2H])([2H])[2H])c1. The summed E-state index contributed by atoms with van der Waals surface area (Å²) in [4.78, 5) is 30.2. The first-order valence-electron chi connectivity index (χ1n) is 15.2. The van der Waals surface area contributed by atoms with Gasteiger partial charge in [-0.1, -0.05) is 48.0 Å². The lowest BCUT2D eigenvalue weighted by molar-refractivity contribution is -0.117. The van der Waals surface area contributed by atoms with Crippen LogP contribution >= 0.6 is 0 Å². The lowest BCUT2D eigenvalue weighted by atomic mass is 9.97. The van der Waals surface area contributed by atoms with Gasteiger partial charge in [0, 0.05) is 40.9 Å². The number of carbonyl (C=O) groups is 2. The van der Waals surface area contributed by atoms with Gasteiger partial charge in [0.1, 0.15) is 6.56 Å². The number of nitrogens with two attached hydrogens (primary N) is 1. The van der Waals surface area contributed by atoms with Gasteiger partial charge in [-0.25, -0.2) is 4.79 Å². The van der Waals surface area contributed by atoms with Crippen LogP contribution in [0, 0.1) is 13.7 Å². The second kappa shape index (κ2) is 10.3. The molecule has 4 aromatic rings. The molecule has 4 rings (SSSR count). The van der Waals surface area contributed by atoms with Gasteiger partial charge in [-0.05, 0) is 60.0 Å². The predicted molar refractivity (Wildman–Crippen MR) is 134 cm³/mol. The Bertz CT molecular complexity index is 1700. The fourth-order valence-electron chi connectivity index (χ4n) is 3.32. The lowest BCUT2D eigenvalue weighted by Crippen LogP contribution is -2.27. The predicted octanol–water partition coefficient (Wildman–Crippen LogP) is 4.89. The van der Waals surface area contributed by atoms with Crippen LogP contribution in [0.4, 0.5) is 5.69 Å². The standard InChI is InChI=1S/C28H27N3O3/c1-18-3-10-25(19(2)13-18)28(33)34-17-20-4-6-21(7-5-20)26(15-29)27(32)31-24-9-8-23-16-30-12-11-22(23)14-24/h3-14,16,26H,15,17,29H2,1-2H3,(H,31,32)/i1D3,2D3,15D2,17D2. The molecule has 1 heterocycles. The van der Waals surface area contributed by atoms with E-state index in [1.807, 2.05) is 0 Å². The van der Waals surface area contributed by atoms with Crippen LogP contribution in [0.5, 0.6) is 0 Å². The molecule has 0 aliphatic rings. The van der Waals surface area contributed by atoms with Crippen molar-refractivity contribution in [1.29, 1.82) is 0 Å². The molecule has 0 saturated heterocycles. The van der Waals surface area contributed by atoms with Gasteiger partial charge in [-0.15, -0.1) is 0 Å². The fraction of sp³-hybridized carbons (Fsp3) is 0.179. The van der Waals surface area contributed by atoms with Gasteiger partial charge in [-0.3, -0.25) is 9.78 Å². The minimum Gasteiger partial charge on any atom is -0.457 e. The second-order valence-corrected chi connectivity index (χ2v) is 7.40. The minimum atomic E-state index is -2.90. The van der Waals surface area contributed by atoms with E-state index in [9.17, 15) is 9.59 Å². The molecule has 1 atom stereocenters. The molecule has 0 spiro atoms.